The number of imidazole rings is 1. The molecule has 3 aromatic heterocycles. The zero-order chi connectivity index (χ0) is 12.5. The van der Waals surface area contributed by atoms with Gasteiger partial charge in [0.15, 0.2) is 10.8 Å². The van der Waals surface area contributed by atoms with Gasteiger partial charge < -0.3 is 10.0 Å². The second-order valence-corrected chi connectivity index (χ2v) is 5.94. The molecule has 0 aliphatic carbocycles. The van der Waals surface area contributed by atoms with Gasteiger partial charge >= 0.3 is 0 Å². The Labute approximate surface area is 113 Å². The second kappa shape index (κ2) is 4.72. The number of nitrogens with zero attached hydrogens (tertiary/aromatic N) is 3. The van der Waals surface area contributed by atoms with Gasteiger partial charge in [0.25, 0.3) is 0 Å². The van der Waals surface area contributed by atoms with Crippen molar-refractivity contribution in [3.63, 3.8) is 0 Å². The Kier molecular flexibility index (Phi) is 3.07. The first-order valence-electron chi connectivity index (χ1n) is 5.58. The normalized spacial score (nSPS) is 11.2. The third-order valence-corrected chi connectivity index (χ3v) is 4.44. The van der Waals surface area contributed by atoms with E-state index in [1.165, 1.54) is 4.88 Å². The Morgan fingerprint density at radius 3 is 3.00 bits per heavy atom. The number of aromatic nitrogens is 2. The molecule has 4 nitrogen and oxygen atoms in total. The quantitative estimate of drug-likeness (QED) is 0.798. The van der Waals surface area contributed by atoms with Crippen LogP contribution in [0.4, 0.5) is 5.82 Å². The summed E-state index contributed by atoms with van der Waals surface area (Å²) in [6.07, 6.45) is 1.95. The maximum atomic E-state index is 9.52. The van der Waals surface area contributed by atoms with E-state index in [0.717, 1.165) is 23.0 Å². The number of aliphatic hydroxyl groups excluding tert-OH is 1. The maximum absolute atomic E-state index is 9.52. The Balaban J connectivity index is 1.95. The fourth-order valence-electron chi connectivity index (χ4n) is 1.98. The average molecular weight is 279 g/mol. The summed E-state index contributed by atoms with van der Waals surface area (Å²) in [4.78, 5) is 8.87. The minimum atomic E-state index is 0.00200. The van der Waals surface area contributed by atoms with Crippen molar-refractivity contribution in [3.8, 4) is 0 Å². The van der Waals surface area contributed by atoms with Gasteiger partial charge in [0, 0.05) is 23.5 Å². The molecule has 0 unspecified atom stereocenters. The van der Waals surface area contributed by atoms with E-state index in [9.17, 15) is 5.11 Å². The van der Waals surface area contributed by atoms with Gasteiger partial charge in [-0.3, -0.25) is 4.40 Å². The SMILES string of the molecule is CN(Cc1cccs1)c1nc2sccn2c1CO. The lowest BCUT2D eigenvalue weighted by Gasteiger charge is -2.16. The molecule has 3 aromatic rings. The van der Waals surface area contributed by atoms with Crippen molar-refractivity contribution in [1.82, 2.24) is 9.38 Å². The summed E-state index contributed by atoms with van der Waals surface area (Å²) in [5.41, 5.74) is 0.852. The molecule has 0 aliphatic heterocycles. The van der Waals surface area contributed by atoms with E-state index < -0.39 is 0 Å². The Morgan fingerprint density at radius 1 is 1.39 bits per heavy atom. The molecule has 18 heavy (non-hydrogen) atoms. The molecule has 0 fully saturated rings. The molecule has 0 radical (unpaired) electrons. The van der Waals surface area contributed by atoms with Crippen molar-refractivity contribution in [2.75, 3.05) is 11.9 Å². The monoisotopic (exact) mass is 279 g/mol. The molecule has 0 amide bonds. The van der Waals surface area contributed by atoms with Crippen LogP contribution >= 0.6 is 22.7 Å². The zero-order valence-corrected chi connectivity index (χ0v) is 11.5. The molecule has 94 valence electrons. The Morgan fingerprint density at radius 2 is 2.28 bits per heavy atom. The van der Waals surface area contributed by atoms with Crippen molar-refractivity contribution in [1.29, 1.82) is 0 Å². The molecule has 0 spiro atoms. The molecule has 0 aromatic carbocycles. The van der Waals surface area contributed by atoms with E-state index in [2.05, 4.69) is 21.3 Å². The lowest BCUT2D eigenvalue weighted by molar-refractivity contribution is 0.276. The minimum absolute atomic E-state index is 0.00200. The molecule has 3 heterocycles. The number of fused-ring (bicyclic) bond motifs is 1. The predicted molar refractivity (Wildman–Crippen MR) is 75.4 cm³/mol. The van der Waals surface area contributed by atoms with Gasteiger partial charge in [-0.15, -0.1) is 22.7 Å². The van der Waals surface area contributed by atoms with Gasteiger partial charge in [0.2, 0.25) is 0 Å². The highest BCUT2D eigenvalue weighted by molar-refractivity contribution is 7.15. The summed E-state index contributed by atoms with van der Waals surface area (Å²) >= 11 is 3.31. The molecule has 6 heteroatoms. The minimum Gasteiger partial charge on any atom is -0.390 e. The molecule has 0 saturated heterocycles. The average Bonchev–Trinajstić information content (AvgIpc) is 3.03. The summed E-state index contributed by atoms with van der Waals surface area (Å²) in [6, 6.07) is 4.16. The highest BCUT2D eigenvalue weighted by Crippen LogP contribution is 2.25. The molecular formula is C12H13N3OS2. The van der Waals surface area contributed by atoms with Gasteiger partial charge in [-0.05, 0) is 11.4 Å². The summed E-state index contributed by atoms with van der Waals surface area (Å²) in [6.45, 7) is 0.817. The third-order valence-electron chi connectivity index (χ3n) is 2.82. The van der Waals surface area contributed by atoms with E-state index in [1.807, 2.05) is 29.1 Å². The van der Waals surface area contributed by atoms with Crippen molar-refractivity contribution in [2.45, 2.75) is 13.2 Å². The van der Waals surface area contributed by atoms with Crippen molar-refractivity contribution < 1.29 is 5.11 Å². The number of rotatable bonds is 4. The van der Waals surface area contributed by atoms with E-state index in [-0.39, 0.29) is 6.61 Å². The van der Waals surface area contributed by atoms with Gasteiger partial charge in [0.1, 0.15) is 0 Å². The molecule has 3 rings (SSSR count). The molecular weight excluding hydrogens is 266 g/mol. The fourth-order valence-corrected chi connectivity index (χ4v) is 3.47. The predicted octanol–water partition coefficient (Wildman–Crippen LogP) is 2.59. The number of thiazole rings is 1. The molecule has 0 aliphatic rings. The molecule has 1 N–H and O–H groups in total. The highest BCUT2D eigenvalue weighted by Gasteiger charge is 2.16. The third kappa shape index (κ3) is 1.92. The second-order valence-electron chi connectivity index (χ2n) is 4.03. The van der Waals surface area contributed by atoms with Crippen LogP contribution in [0.3, 0.4) is 0 Å². The number of aliphatic hydroxyl groups is 1. The van der Waals surface area contributed by atoms with Crippen molar-refractivity contribution >= 4 is 33.5 Å². The van der Waals surface area contributed by atoms with Gasteiger partial charge in [0.05, 0.1) is 18.8 Å². The topological polar surface area (TPSA) is 40.8 Å². The first-order valence-corrected chi connectivity index (χ1v) is 7.34. The standard InChI is InChI=1S/C12H13N3OS2/c1-14(7-9-3-2-5-17-9)11-10(8-16)15-4-6-18-12(15)13-11/h2-6,16H,7-8H2,1H3. The Bertz CT molecular complexity index is 641. The summed E-state index contributed by atoms with van der Waals surface area (Å²) in [5, 5.41) is 13.6. The van der Waals surface area contributed by atoms with Crippen LogP contribution in [0.2, 0.25) is 0 Å². The smallest absolute Gasteiger partial charge is 0.195 e. The van der Waals surface area contributed by atoms with Gasteiger partial charge in [-0.2, -0.15) is 0 Å². The van der Waals surface area contributed by atoms with Crippen LogP contribution in [0.5, 0.6) is 0 Å². The highest BCUT2D eigenvalue weighted by atomic mass is 32.1. The number of hydrogen-bond donors (Lipinski definition) is 1. The van der Waals surface area contributed by atoms with E-state index in [1.54, 1.807) is 22.7 Å². The summed E-state index contributed by atoms with van der Waals surface area (Å²) < 4.78 is 1.95. The first kappa shape index (κ1) is 11.7. The number of thiophene rings is 1. The van der Waals surface area contributed by atoms with Gasteiger partial charge in [-0.25, -0.2) is 4.98 Å². The van der Waals surface area contributed by atoms with Crippen LogP contribution in [-0.2, 0) is 13.2 Å². The van der Waals surface area contributed by atoms with E-state index in [0.29, 0.717) is 0 Å². The van der Waals surface area contributed by atoms with Crippen LogP contribution in [0.25, 0.3) is 4.96 Å². The number of hydrogen-bond acceptors (Lipinski definition) is 5. The summed E-state index contributed by atoms with van der Waals surface area (Å²) in [5.74, 6) is 0.859. The molecule has 0 bridgehead atoms. The van der Waals surface area contributed by atoms with Crippen LogP contribution < -0.4 is 4.90 Å². The molecule has 0 atom stereocenters. The van der Waals surface area contributed by atoms with Crippen molar-refractivity contribution in [2.24, 2.45) is 0 Å². The Hall–Kier alpha value is -1.37. The lowest BCUT2D eigenvalue weighted by Crippen LogP contribution is -2.17. The largest absolute Gasteiger partial charge is 0.390 e. The van der Waals surface area contributed by atoms with Crippen LogP contribution in [0.1, 0.15) is 10.6 Å². The van der Waals surface area contributed by atoms with Crippen LogP contribution in [0.15, 0.2) is 29.1 Å². The lowest BCUT2D eigenvalue weighted by atomic mass is 10.4. The number of anilines is 1. The van der Waals surface area contributed by atoms with Gasteiger partial charge in [-0.1, -0.05) is 6.07 Å². The fraction of sp³-hybridized carbons (Fsp3) is 0.250. The van der Waals surface area contributed by atoms with E-state index in [4.69, 9.17) is 0 Å². The maximum Gasteiger partial charge on any atom is 0.195 e. The van der Waals surface area contributed by atoms with Crippen LogP contribution in [0, 0.1) is 0 Å². The van der Waals surface area contributed by atoms with E-state index >= 15 is 0 Å². The summed E-state index contributed by atoms with van der Waals surface area (Å²) in [7, 11) is 2.01. The zero-order valence-electron chi connectivity index (χ0n) is 9.91. The van der Waals surface area contributed by atoms with Crippen LogP contribution in [-0.4, -0.2) is 21.5 Å². The first-order chi connectivity index (χ1) is 8.79. The molecule has 0 saturated carbocycles. The van der Waals surface area contributed by atoms with Crippen molar-refractivity contribution in [3.05, 3.63) is 39.7 Å².